The Bertz CT molecular complexity index is 597. The van der Waals surface area contributed by atoms with Crippen LogP contribution in [-0.4, -0.2) is 43.9 Å². The van der Waals surface area contributed by atoms with Crippen LogP contribution in [0.2, 0.25) is 0 Å². The Morgan fingerprint density at radius 2 is 2.22 bits per heavy atom. The molecule has 2 saturated carbocycles. The van der Waals surface area contributed by atoms with Crippen LogP contribution < -0.4 is 15.5 Å². The van der Waals surface area contributed by atoms with Crippen LogP contribution in [0.25, 0.3) is 0 Å². The molecule has 3 fully saturated rings. The van der Waals surface area contributed by atoms with E-state index in [0.717, 1.165) is 18.7 Å². The maximum atomic E-state index is 12.3. The average Bonchev–Trinajstić information content (AvgIpc) is 2.89. The Morgan fingerprint density at radius 1 is 1.39 bits per heavy atom. The maximum absolute atomic E-state index is 12.3. The fourth-order valence-corrected chi connectivity index (χ4v) is 4.47. The highest BCUT2D eigenvalue weighted by Gasteiger charge is 2.66. The van der Waals surface area contributed by atoms with Gasteiger partial charge in [-0.15, -0.1) is 0 Å². The topological polar surface area (TPSA) is 66.5 Å². The second kappa shape index (κ2) is 5.37. The molecule has 3 atom stereocenters. The lowest BCUT2D eigenvalue weighted by atomic mass is 9.46. The number of pyridine rings is 1. The molecule has 0 bridgehead atoms. The number of hydrogen-bond acceptors (Lipinski definition) is 4. The number of anilines is 2. The lowest BCUT2D eigenvalue weighted by Crippen LogP contribution is -2.72. The highest BCUT2D eigenvalue weighted by atomic mass is 16.5. The van der Waals surface area contributed by atoms with Crippen LogP contribution >= 0.6 is 0 Å². The normalized spacial score (nSPS) is 30.1. The molecule has 2 heterocycles. The summed E-state index contributed by atoms with van der Waals surface area (Å²) in [5, 5.41) is 6.04. The Hall–Kier alpha value is -1.82. The van der Waals surface area contributed by atoms with Crippen LogP contribution in [0, 0.1) is 11.3 Å². The van der Waals surface area contributed by atoms with E-state index in [1.54, 1.807) is 6.20 Å². The minimum absolute atomic E-state index is 0.156. The molecule has 1 spiro atoms. The molecule has 0 radical (unpaired) electrons. The third-order valence-electron chi connectivity index (χ3n) is 5.83. The number of fused-ring (bicyclic) bond motifs is 2. The molecule has 6 heteroatoms. The van der Waals surface area contributed by atoms with Crippen molar-refractivity contribution >= 4 is 17.5 Å². The van der Waals surface area contributed by atoms with Gasteiger partial charge < -0.3 is 15.0 Å². The average molecular weight is 316 g/mol. The minimum atomic E-state index is -0.156. The summed E-state index contributed by atoms with van der Waals surface area (Å²) < 4.78 is 5.89. The molecule has 1 aliphatic heterocycles. The molecule has 1 aromatic rings. The zero-order valence-corrected chi connectivity index (χ0v) is 13.7. The van der Waals surface area contributed by atoms with Crippen LogP contribution in [0.15, 0.2) is 18.3 Å². The highest BCUT2D eigenvalue weighted by Crippen LogP contribution is 2.62. The summed E-state index contributed by atoms with van der Waals surface area (Å²) in [4.78, 5) is 18.6. The van der Waals surface area contributed by atoms with Crippen molar-refractivity contribution in [2.45, 2.75) is 37.8 Å². The van der Waals surface area contributed by atoms with Crippen LogP contribution in [0.1, 0.15) is 25.7 Å². The van der Waals surface area contributed by atoms with Gasteiger partial charge in [0.05, 0.1) is 18.0 Å². The van der Waals surface area contributed by atoms with Gasteiger partial charge in [-0.1, -0.05) is 6.42 Å². The quantitative estimate of drug-likeness (QED) is 0.897. The number of nitrogens with one attached hydrogen (secondary N) is 2. The first-order valence-corrected chi connectivity index (χ1v) is 8.43. The molecule has 2 N–H and O–H groups in total. The Balaban J connectivity index is 1.38. The van der Waals surface area contributed by atoms with Crippen molar-refractivity contribution in [2.75, 3.05) is 30.9 Å². The van der Waals surface area contributed by atoms with Gasteiger partial charge in [0.2, 0.25) is 0 Å². The molecule has 1 aromatic heterocycles. The first-order chi connectivity index (χ1) is 11.1. The zero-order chi connectivity index (χ0) is 16.0. The number of ether oxygens (including phenoxy) is 1. The summed E-state index contributed by atoms with van der Waals surface area (Å²) in [5.74, 6) is 1.07. The fraction of sp³-hybridized carbons (Fsp3) is 0.647. The number of carbonyl (C=O) groups excluding carboxylic acids is 1. The van der Waals surface area contributed by atoms with Crippen LogP contribution in [0.3, 0.4) is 0 Å². The largest absolute Gasteiger partial charge is 0.377 e. The lowest BCUT2D eigenvalue weighted by molar-refractivity contribution is -0.171. The number of nitrogens with zero attached hydrogens (tertiary/aromatic N) is 2. The van der Waals surface area contributed by atoms with Gasteiger partial charge in [-0.2, -0.15) is 0 Å². The number of rotatable bonds is 3. The van der Waals surface area contributed by atoms with Crippen LogP contribution in [-0.2, 0) is 4.74 Å². The predicted molar refractivity (Wildman–Crippen MR) is 88.6 cm³/mol. The van der Waals surface area contributed by atoms with E-state index in [0.29, 0.717) is 17.8 Å². The van der Waals surface area contributed by atoms with Gasteiger partial charge in [0.25, 0.3) is 0 Å². The van der Waals surface area contributed by atoms with E-state index in [1.165, 1.54) is 19.3 Å². The van der Waals surface area contributed by atoms with E-state index in [4.69, 9.17) is 4.74 Å². The van der Waals surface area contributed by atoms with E-state index in [2.05, 4.69) is 15.6 Å². The fourth-order valence-electron chi connectivity index (χ4n) is 4.47. The van der Waals surface area contributed by atoms with Gasteiger partial charge >= 0.3 is 6.03 Å². The molecule has 2 aliphatic carbocycles. The van der Waals surface area contributed by atoms with Gasteiger partial charge in [0.1, 0.15) is 5.82 Å². The van der Waals surface area contributed by atoms with Gasteiger partial charge in [0.15, 0.2) is 0 Å². The Morgan fingerprint density at radius 3 is 2.83 bits per heavy atom. The third kappa shape index (κ3) is 2.27. The van der Waals surface area contributed by atoms with Crippen molar-refractivity contribution in [3.05, 3.63) is 18.3 Å². The summed E-state index contributed by atoms with van der Waals surface area (Å²) in [6, 6.07) is 3.87. The van der Waals surface area contributed by atoms with Crippen molar-refractivity contribution in [1.29, 1.82) is 0 Å². The molecule has 1 saturated heterocycles. The lowest BCUT2D eigenvalue weighted by Gasteiger charge is -2.63. The van der Waals surface area contributed by atoms with E-state index >= 15 is 0 Å². The minimum Gasteiger partial charge on any atom is -0.377 e. The van der Waals surface area contributed by atoms with Gasteiger partial charge in [-0.05, 0) is 31.4 Å². The molecule has 3 aliphatic rings. The number of urea groups is 1. The molecule has 0 unspecified atom stereocenters. The van der Waals surface area contributed by atoms with Crippen molar-refractivity contribution < 1.29 is 9.53 Å². The standard InChI is InChI=1S/C17H24N4O2/c1-21(2)11-4-5-13(18-10-11)19-16(22)20-14-12-6-9-23-15(12)17(14)7-3-8-17/h4-5,10,12,14-15H,3,6-9H2,1-2H3,(H2,18,19,20,22)/t12-,14+,15-/m0/s1. The molecule has 0 aromatic carbocycles. The second-order valence-corrected chi connectivity index (χ2v) is 7.20. The van der Waals surface area contributed by atoms with E-state index in [-0.39, 0.29) is 17.5 Å². The smallest absolute Gasteiger partial charge is 0.320 e. The summed E-state index contributed by atoms with van der Waals surface area (Å²) in [6.45, 7) is 0.838. The van der Waals surface area contributed by atoms with E-state index < -0.39 is 0 Å². The van der Waals surface area contributed by atoms with Crippen LogP contribution in [0.5, 0.6) is 0 Å². The molecule has 4 rings (SSSR count). The van der Waals surface area contributed by atoms with Crippen molar-refractivity contribution in [3.63, 3.8) is 0 Å². The summed E-state index contributed by atoms with van der Waals surface area (Å²) >= 11 is 0. The first kappa shape index (κ1) is 14.8. The highest BCUT2D eigenvalue weighted by molar-refractivity contribution is 5.88. The third-order valence-corrected chi connectivity index (χ3v) is 5.83. The maximum Gasteiger partial charge on any atom is 0.320 e. The van der Waals surface area contributed by atoms with Crippen molar-refractivity contribution in [2.24, 2.45) is 11.3 Å². The van der Waals surface area contributed by atoms with Crippen molar-refractivity contribution in [3.8, 4) is 0 Å². The van der Waals surface area contributed by atoms with E-state index in [1.807, 2.05) is 31.1 Å². The van der Waals surface area contributed by atoms with Gasteiger partial charge in [-0.3, -0.25) is 5.32 Å². The van der Waals surface area contributed by atoms with Crippen molar-refractivity contribution in [1.82, 2.24) is 10.3 Å². The summed E-state index contributed by atoms with van der Waals surface area (Å²) in [7, 11) is 3.93. The molecule has 124 valence electrons. The summed E-state index contributed by atoms with van der Waals surface area (Å²) in [5.41, 5.74) is 1.22. The SMILES string of the molecule is CN(C)c1ccc(NC(=O)N[C@@H]2[C@@H]3CCO[C@@H]3C23CCC3)nc1. The number of carbonyl (C=O) groups is 1. The zero-order valence-electron chi connectivity index (χ0n) is 13.7. The molecular formula is C17H24N4O2. The monoisotopic (exact) mass is 316 g/mol. The molecular weight excluding hydrogens is 292 g/mol. The first-order valence-electron chi connectivity index (χ1n) is 8.43. The second-order valence-electron chi connectivity index (χ2n) is 7.20. The number of aromatic nitrogens is 1. The predicted octanol–water partition coefficient (Wildman–Crippen LogP) is 2.23. The molecule has 2 amide bonds. The Kier molecular flexibility index (Phi) is 3.44. The van der Waals surface area contributed by atoms with E-state index in [9.17, 15) is 4.79 Å². The Labute approximate surface area is 136 Å². The number of amides is 2. The molecule has 23 heavy (non-hydrogen) atoms. The summed E-state index contributed by atoms with van der Waals surface area (Å²) in [6.07, 6.45) is 6.79. The van der Waals surface area contributed by atoms with Gasteiger partial charge in [-0.25, -0.2) is 9.78 Å². The van der Waals surface area contributed by atoms with Gasteiger partial charge in [0, 0.05) is 38.1 Å². The molecule has 6 nitrogen and oxygen atoms in total. The number of hydrogen-bond donors (Lipinski definition) is 2. The van der Waals surface area contributed by atoms with Crippen LogP contribution in [0.4, 0.5) is 16.3 Å².